The smallest absolute Gasteiger partial charge is 0.150 e. The third kappa shape index (κ3) is 2.12. The molecule has 0 aromatic heterocycles. The van der Waals surface area contributed by atoms with Crippen LogP contribution in [0.4, 0.5) is 0 Å². The highest BCUT2D eigenvalue weighted by Crippen LogP contribution is 2.21. The van der Waals surface area contributed by atoms with Crippen LogP contribution in [0.15, 0.2) is 48.5 Å². The fraction of sp³-hybridized carbons (Fsp3) is 0.0714. The fourth-order valence-corrected chi connectivity index (χ4v) is 2.18. The van der Waals surface area contributed by atoms with Gasteiger partial charge in [-0.3, -0.25) is 4.79 Å². The maximum absolute atomic E-state index is 10.9. The van der Waals surface area contributed by atoms with Crippen LogP contribution in [0.1, 0.15) is 10.4 Å². The second-order valence-electron chi connectivity index (χ2n) is 3.53. The van der Waals surface area contributed by atoms with Gasteiger partial charge >= 0.3 is 0 Å². The quantitative estimate of drug-likeness (QED) is 0.578. The van der Waals surface area contributed by atoms with E-state index in [-0.39, 0.29) is 0 Å². The highest BCUT2D eigenvalue weighted by atomic mass is 28.2. The molecule has 16 heavy (non-hydrogen) atoms. The molecule has 0 saturated heterocycles. The summed E-state index contributed by atoms with van der Waals surface area (Å²) >= 11 is 0. The van der Waals surface area contributed by atoms with Gasteiger partial charge in [-0.25, -0.2) is 0 Å². The van der Waals surface area contributed by atoms with E-state index in [4.69, 9.17) is 0 Å². The summed E-state index contributed by atoms with van der Waals surface area (Å²) in [6.07, 6.45) is 0.908. The highest BCUT2D eigenvalue weighted by Gasteiger charge is 2.02. The number of carbonyl (C=O) groups excluding carboxylic acids is 1. The zero-order valence-corrected chi connectivity index (χ0v) is 10.1. The standard InChI is InChI=1S/C14H12OSi/c1-16-13-8-6-11(7-9-13)14-5-3-2-4-12(14)10-15/h2-10H,1H3. The zero-order chi connectivity index (χ0) is 11.4. The topological polar surface area (TPSA) is 17.1 Å². The SMILES string of the molecule is C[Si]c1ccc(-c2ccccc2C=O)cc1. The second kappa shape index (κ2) is 4.90. The van der Waals surface area contributed by atoms with Gasteiger partial charge in [-0.2, -0.15) is 0 Å². The first-order chi connectivity index (χ1) is 7.85. The van der Waals surface area contributed by atoms with Crippen LogP contribution in [0.5, 0.6) is 0 Å². The average molecular weight is 224 g/mol. The molecule has 0 aliphatic rings. The van der Waals surface area contributed by atoms with Gasteiger partial charge in [0, 0.05) is 5.56 Å². The monoisotopic (exact) mass is 224 g/mol. The number of benzene rings is 2. The number of carbonyl (C=O) groups is 1. The third-order valence-corrected chi connectivity index (χ3v) is 3.48. The molecule has 0 aliphatic heterocycles. The van der Waals surface area contributed by atoms with Crippen LogP contribution in [-0.4, -0.2) is 15.8 Å². The Bertz CT molecular complexity index is 488. The molecule has 0 unspecified atom stereocenters. The third-order valence-electron chi connectivity index (χ3n) is 2.57. The molecule has 0 heterocycles. The van der Waals surface area contributed by atoms with Crippen LogP contribution in [-0.2, 0) is 0 Å². The van der Waals surface area contributed by atoms with E-state index in [2.05, 4.69) is 30.8 Å². The summed E-state index contributed by atoms with van der Waals surface area (Å²) in [7, 11) is 0.812. The predicted octanol–water partition coefficient (Wildman–Crippen LogP) is 2.54. The molecular weight excluding hydrogens is 212 g/mol. The minimum atomic E-state index is 0.745. The molecule has 78 valence electrons. The van der Waals surface area contributed by atoms with Gasteiger partial charge in [0.05, 0.1) is 9.52 Å². The zero-order valence-electron chi connectivity index (χ0n) is 9.10. The number of aldehydes is 1. The number of hydrogen-bond donors (Lipinski definition) is 0. The molecule has 0 amide bonds. The van der Waals surface area contributed by atoms with Crippen LogP contribution >= 0.6 is 0 Å². The Labute approximate surface area is 98.0 Å². The van der Waals surface area contributed by atoms with Crippen molar-refractivity contribution >= 4 is 21.0 Å². The van der Waals surface area contributed by atoms with Crippen LogP contribution in [0, 0.1) is 0 Å². The Hall–Kier alpha value is -1.67. The Morgan fingerprint density at radius 2 is 1.69 bits per heavy atom. The first-order valence-electron chi connectivity index (χ1n) is 5.17. The lowest BCUT2D eigenvalue weighted by atomic mass is 10.0. The van der Waals surface area contributed by atoms with E-state index in [0.29, 0.717) is 0 Å². The second-order valence-corrected chi connectivity index (χ2v) is 4.61. The molecule has 0 atom stereocenters. The molecule has 2 aromatic rings. The van der Waals surface area contributed by atoms with Gasteiger partial charge in [0.2, 0.25) is 0 Å². The van der Waals surface area contributed by atoms with E-state index in [1.807, 2.05) is 24.3 Å². The van der Waals surface area contributed by atoms with Crippen molar-refractivity contribution in [2.45, 2.75) is 6.55 Å². The maximum atomic E-state index is 10.9. The van der Waals surface area contributed by atoms with Crippen molar-refractivity contribution in [1.29, 1.82) is 0 Å². The molecule has 0 N–H and O–H groups in total. The predicted molar refractivity (Wildman–Crippen MR) is 68.5 cm³/mol. The lowest BCUT2D eigenvalue weighted by Gasteiger charge is -2.05. The molecule has 2 rings (SSSR count). The average Bonchev–Trinajstić information content (AvgIpc) is 2.39. The van der Waals surface area contributed by atoms with Crippen LogP contribution in [0.3, 0.4) is 0 Å². The molecule has 1 nitrogen and oxygen atoms in total. The lowest BCUT2D eigenvalue weighted by Crippen LogP contribution is -2.08. The maximum Gasteiger partial charge on any atom is 0.150 e. The minimum Gasteiger partial charge on any atom is -0.298 e. The summed E-state index contributed by atoms with van der Waals surface area (Å²) in [5.74, 6) is 0. The van der Waals surface area contributed by atoms with Crippen molar-refractivity contribution in [3.8, 4) is 11.1 Å². The summed E-state index contributed by atoms with van der Waals surface area (Å²) in [5.41, 5.74) is 2.85. The van der Waals surface area contributed by atoms with Crippen molar-refractivity contribution in [2.75, 3.05) is 0 Å². The largest absolute Gasteiger partial charge is 0.298 e. The van der Waals surface area contributed by atoms with Crippen LogP contribution in [0.2, 0.25) is 6.55 Å². The van der Waals surface area contributed by atoms with Crippen LogP contribution in [0.25, 0.3) is 11.1 Å². The summed E-state index contributed by atoms with van der Waals surface area (Å²) in [5, 5.41) is 1.34. The van der Waals surface area contributed by atoms with E-state index >= 15 is 0 Å². The van der Waals surface area contributed by atoms with Crippen molar-refractivity contribution in [3.63, 3.8) is 0 Å². The number of hydrogen-bond acceptors (Lipinski definition) is 1. The van der Waals surface area contributed by atoms with Gasteiger partial charge < -0.3 is 0 Å². The molecule has 2 heteroatoms. The van der Waals surface area contributed by atoms with E-state index in [1.165, 1.54) is 5.19 Å². The van der Waals surface area contributed by atoms with Gasteiger partial charge in [-0.05, 0) is 11.1 Å². The van der Waals surface area contributed by atoms with Crippen molar-refractivity contribution in [1.82, 2.24) is 0 Å². The minimum absolute atomic E-state index is 0.745. The Morgan fingerprint density at radius 3 is 2.31 bits per heavy atom. The number of rotatable bonds is 3. The van der Waals surface area contributed by atoms with Gasteiger partial charge in [0.1, 0.15) is 0 Å². The lowest BCUT2D eigenvalue weighted by molar-refractivity contribution is 0.112. The summed E-state index contributed by atoms with van der Waals surface area (Å²) in [6, 6.07) is 16.1. The molecule has 0 saturated carbocycles. The van der Waals surface area contributed by atoms with Crippen LogP contribution < -0.4 is 5.19 Å². The normalized spacial score (nSPS) is 10.1. The Balaban J connectivity index is 2.46. The molecule has 0 fully saturated rings. The van der Waals surface area contributed by atoms with Crippen molar-refractivity contribution < 1.29 is 4.79 Å². The molecule has 0 spiro atoms. The van der Waals surface area contributed by atoms with Gasteiger partial charge in [-0.1, -0.05) is 60.3 Å². The summed E-state index contributed by atoms with van der Waals surface area (Å²) in [4.78, 5) is 10.9. The fourth-order valence-electron chi connectivity index (χ4n) is 1.68. The molecule has 0 bridgehead atoms. The Morgan fingerprint density at radius 1 is 1.00 bits per heavy atom. The van der Waals surface area contributed by atoms with Crippen molar-refractivity contribution in [2.24, 2.45) is 0 Å². The molecule has 0 aliphatic carbocycles. The van der Waals surface area contributed by atoms with Gasteiger partial charge in [0.25, 0.3) is 0 Å². The van der Waals surface area contributed by atoms with E-state index in [0.717, 1.165) is 32.5 Å². The van der Waals surface area contributed by atoms with Gasteiger partial charge in [-0.15, -0.1) is 0 Å². The summed E-state index contributed by atoms with van der Waals surface area (Å²) < 4.78 is 0. The highest BCUT2D eigenvalue weighted by molar-refractivity contribution is 6.51. The molecular formula is C14H12OSi. The first kappa shape index (κ1) is 10.8. The first-order valence-corrected chi connectivity index (χ1v) is 6.67. The molecule has 2 aromatic carbocycles. The summed E-state index contributed by atoms with van der Waals surface area (Å²) in [6.45, 7) is 2.16. The van der Waals surface area contributed by atoms with E-state index < -0.39 is 0 Å². The van der Waals surface area contributed by atoms with E-state index in [1.54, 1.807) is 0 Å². The van der Waals surface area contributed by atoms with Crippen molar-refractivity contribution in [3.05, 3.63) is 54.1 Å². The Kier molecular flexibility index (Phi) is 3.32. The molecule has 2 radical (unpaired) electrons. The van der Waals surface area contributed by atoms with E-state index in [9.17, 15) is 4.79 Å². The van der Waals surface area contributed by atoms with Gasteiger partial charge in [0.15, 0.2) is 6.29 Å².